The molecule has 0 radical (unpaired) electrons. The Morgan fingerprint density at radius 3 is 2.82 bits per heavy atom. The van der Waals surface area contributed by atoms with Gasteiger partial charge in [0.2, 0.25) is 0 Å². The molecule has 0 atom stereocenters. The summed E-state index contributed by atoms with van der Waals surface area (Å²) in [6.45, 7) is 2.83. The Bertz CT molecular complexity index is 227. The molecule has 2 N–H and O–H groups in total. The smallest absolute Gasteiger partial charge is 0.0654 e. The first-order valence-corrected chi connectivity index (χ1v) is 3.93. The van der Waals surface area contributed by atoms with Gasteiger partial charge in [-0.2, -0.15) is 5.10 Å². The van der Waals surface area contributed by atoms with E-state index >= 15 is 0 Å². The van der Waals surface area contributed by atoms with E-state index in [1.54, 1.807) is 0 Å². The molecule has 1 aromatic heterocycles. The molecule has 0 aliphatic rings. The van der Waals surface area contributed by atoms with E-state index < -0.39 is 0 Å². The van der Waals surface area contributed by atoms with Gasteiger partial charge in [-0.15, -0.1) is 0 Å². The van der Waals surface area contributed by atoms with Crippen LogP contribution in [-0.2, 0) is 13.5 Å². The highest BCUT2D eigenvalue weighted by atomic mass is 15.2. The highest BCUT2D eigenvalue weighted by Crippen LogP contribution is 2.05. The van der Waals surface area contributed by atoms with E-state index in [0.717, 1.165) is 19.4 Å². The number of rotatable bonds is 3. The zero-order valence-electron chi connectivity index (χ0n) is 7.17. The summed E-state index contributed by atoms with van der Waals surface area (Å²) in [4.78, 5) is 0. The number of aryl methyl sites for hydroxylation is 3. The molecule has 0 amide bonds. The topological polar surface area (TPSA) is 43.8 Å². The molecule has 0 aliphatic heterocycles. The van der Waals surface area contributed by atoms with E-state index in [-0.39, 0.29) is 0 Å². The number of aromatic nitrogens is 2. The first-order chi connectivity index (χ1) is 5.24. The third-order valence-electron chi connectivity index (χ3n) is 1.73. The third kappa shape index (κ3) is 2.05. The van der Waals surface area contributed by atoms with Crippen molar-refractivity contribution >= 4 is 0 Å². The van der Waals surface area contributed by atoms with Crippen LogP contribution in [0.4, 0.5) is 0 Å². The van der Waals surface area contributed by atoms with Gasteiger partial charge >= 0.3 is 0 Å². The van der Waals surface area contributed by atoms with Crippen molar-refractivity contribution in [3.05, 3.63) is 17.5 Å². The summed E-state index contributed by atoms with van der Waals surface area (Å²) in [6, 6.07) is 0. The molecular formula is C8H15N3. The Balaban J connectivity index is 2.62. The van der Waals surface area contributed by atoms with E-state index in [1.165, 1.54) is 11.3 Å². The largest absolute Gasteiger partial charge is 0.330 e. The van der Waals surface area contributed by atoms with Gasteiger partial charge < -0.3 is 5.73 Å². The van der Waals surface area contributed by atoms with Gasteiger partial charge in [0.05, 0.1) is 5.69 Å². The average molecular weight is 153 g/mol. The molecule has 0 unspecified atom stereocenters. The van der Waals surface area contributed by atoms with E-state index in [1.807, 2.05) is 17.9 Å². The molecule has 3 nitrogen and oxygen atoms in total. The Morgan fingerprint density at radius 1 is 1.64 bits per heavy atom. The maximum absolute atomic E-state index is 5.40. The monoisotopic (exact) mass is 153 g/mol. The van der Waals surface area contributed by atoms with E-state index in [4.69, 9.17) is 5.73 Å². The van der Waals surface area contributed by atoms with Gasteiger partial charge in [-0.05, 0) is 31.9 Å². The highest BCUT2D eigenvalue weighted by molar-refractivity contribution is 5.14. The molecule has 0 fully saturated rings. The molecule has 0 spiro atoms. The first kappa shape index (κ1) is 8.27. The van der Waals surface area contributed by atoms with Gasteiger partial charge in [-0.25, -0.2) is 0 Å². The van der Waals surface area contributed by atoms with Gasteiger partial charge in [0.25, 0.3) is 0 Å². The molecule has 1 heterocycles. The molecule has 0 saturated heterocycles. The van der Waals surface area contributed by atoms with E-state index in [2.05, 4.69) is 12.0 Å². The zero-order valence-corrected chi connectivity index (χ0v) is 7.17. The lowest BCUT2D eigenvalue weighted by Gasteiger charge is -1.94. The summed E-state index contributed by atoms with van der Waals surface area (Å²) in [5, 5.41) is 4.31. The number of nitrogens with two attached hydrogens (primary N) is 1. The minimum absolute atomic E-state index is 0.746. The average Bonchev–Trinajstić information content (AvgIpc) is 2.26. The van der Waals surface area contributed by atoms with Crippen molar-refractivity contribution in [1.82, 2.24) is 9.78 Å². The van der Waals surface area contributed by atoms with Crippen molar-refractivity contribution in [1.29, 1.82) is 0 Å². The molecular weight excluding hydrogens is 138 g/mol. The van der Waals surface area contributed by atoms with Crippen molar-refractivity contribution < 1.29 is 0 Å². The van der Waals surface area contributed by atoms with Crippen LogP contribution in [0, 0.1) is 6.92 Å². The van der Waals surface area contributed by atoms with Gasteiger partial charge in [0.15, 0.2) is 0 Å². The second-order valence-corrected chi connectivity index (χ2v) is 2.82. The van der Waals surface area contributed by atoms with Gasteiger partial charge in [-0.1, -0.05) is 0 Å². The summed E-state index contributed by atoms with van der Waals surface area (Å²) >= 11 is 0. The fraction of sp³-hybridized carbons (Fsp3) is 0.625. The van der Waals surface area contributed by atoms with Crippen molar-refractivity contribution in [2.75, 3.05) is 6.54 Å². The molecule has 62 valence electrons. The number of hydrogen-bond acceptors (Lipinski definition) is 2. The van der Waals surface area contributed by atoms with Gasteiger partial charge in [0, 0.05) is 13.2 Å². The van der Waals surface area contributed by atoms with Crippen molar-refractivity contribution in [3.8, 4) is 0 Å². The van der Waals surface area contributed by atoms with E-state index in [0.29, 0.717) is 0 Å². The normalized spacial score (nSPS) is 10.5. The lowest BCUT2D eigenvalue weighted by Crippen LogP contribution is -2.01. The van der Waals surface area contributed by atoms with Crippen LogP contribution in [0.2, 0.25) is 0 Å². The molecule has 3 heteroatoms. The Morgan fingerprint density at radius 2 is 2.36 bits per heavy atom. The van der Waals surface area contributed by atoms with Crippen LogP contribution >= 0.6 is 0 Å². The first-order valence-electron chi connectivity index (χ1n) is 3.93. The Hall–Kier alpha value is -0.830. The second kappa shape index (κ2) is 3.53. The van der Waals surface area contributed by atoms with Gasteiger partial charge in [-0.3, -0.25) is 4.68 Å². The molecule has 1 aromatic rings. The number of hydrogen-bond donors (Lipinski definition) is 1. The van der Waals surface area contributed by atoms with Crippen LogP contribution in [0.15, 0.2) is 6.20 Å². The molecule has 1 rings (SSSR count). The van der Waals surface area contributed by atoms with Crippen LogP contribution in [0.25, 0.3) is 0 Å². The van der Waals surface area contributed by atoms with Crippen LogP contribution in [0.3, 0.4) is 0 Å². The lowest BCUT2D eigenvalue weighted by atomic mass is 10.2. The van der Waals surface area contributed by atoms with Crippen LogP contribution in [0.5, 0.6) is 0 Å². The fourth-order valence-corrected chi connectivity index (χ4v) is 1.17. The maximum Gasteiger partial charge on any atom is 0.0654 e. The lowest BCUT2D eigenvalue weighted by molar-refractivity contribution is 0.722. The zero-order chi connectivity index (χ0) is 8.27. The Labute approximate surface area is 67.2 Å². The predicted molar refractivity (Wildman–Crippen MR) is 45.3 cm³/mol. The van der Waals surface area contributed by atoms with Crippen LogP contribution in [-0.4, -0.2) is 16.3 Å². The summed E-state index contributed by atoms with van der Waals surface area (Å²) < 4.78 is 1.85. The SMILES string of the molecule is Cc1cn(C)nc1CCCN. The predicted octanol–water partition coefficient (Wildman–Crippen LogP) is 0.620. The maximum atomic E-state index is 5.40. The molecule has 11 heavy (non-hydrogen) atoms. The van der Waals surface area contributed by atoms with E-state index in [9.17, 15) is 0 Å². The fourth-order valence-electron chi connectivity index (χ4n) is 1.17. The minimum Gasteiger partial charge on any atom is -0.330 e. The summed E-state index contributed by atoms with van der Waals surface area (Å²) in [6.07, 6.45) is 4.06. The molecule has 0 saturated carbocycles. The quantitative estimate of drug-likeness (QED) is 0.691. The van der Waals surface area contributed by atoms with Crippen LogP contribution < -0.4 is 5.73 Å². The van der Waals surface area contributed by atoms with Gasteiger partial charge in [0.1, 0.15) is 0 Å². The van der Waals surface area contributed by atoms with Crippen molar-refractivity contribution in [3.63, 3.8) is 0 Å². The van der Waals surface area contributed by atoms with Crippen molar-refractivity contribution in [2.45, 2.75) is 19.8 Å². The van der Waals surface area contributed by atoms with Crippen molar-refractivity contribution in [2.24, 2.45) is 12.8 Å². The second-order valence-electron chi connectivity index (χ2n) is 2.82. The third-order valence-corrected chi connectivity index (χ3v) is 1.73. The summed E-state index contributed by atoms with van der Waals surface area (Å²) in [7, 11) is 1.94. The molecule has 0 aromatic carbocycles. The van der Waals surface area contributed by atoms with Crippen LogP contribution in [0.1, 0.15) is 17.7 Å². The summed E-state index contributed by atoms with van der Waals surface area (Å²) in [5.74, 6) is 0. The number of nitrogens with zero attached hydrogens (tertiary/aromatic N) is 2. The summed E-state index contributed by atoms with van der Waals surface area (Å²) in [5.41, 5.74) is 7.84. The standard InChI is InChI=1S/C8H15N3/c1-7-6-11(2)10-8(7)4-3-5-9/h6H,3-5,9H2,1-2H3. The highest BCUT2D eigenvalue weighted by Gasteiger charge is 2.00. The Kier molecular flexibility index (Phi) is 2.65. The molecule has 0 bridgehead atoms. The minimum atomic E-state index is 0.746. The molecule has 0 aliphatic carbocycles.